The number of nitro groups is 1. The number of amides is 1. The summed E-state index contributed by atoms with van der Waals surface area (Å²) in [6.07, 6.45) is 0. The predicted molar refractivity (Wildman–Crippen MR) is 77.5 cm³/mol. The van der Waals surface area contributed by atoms with Gasteiger partial charge in [-0.1, -0.05) is 6.07 Å². The fourth-order valence-electron chi connectivity index (χ4n) is 1.74. The zero-order valence-electron chi connectivity index (χ0n) is 11.1. The second-order valence-electron chi connectivity index (χ2n) is 4.33. The van der Waals surface area contributed by atoms with E-state index in [-0.39, 0.29) is 17.0 Å². The largest absolute Gasteiger partial charge is 0.366 e. The number of hydrogen-bond acceptors (Lipinski definition) is 4. The zero-order valence-corrected chi connectivity index (χ0v) is 11.9. The molecule has 0 aliphatic carbocycles. The third-order valence-electron chi connectivity index (χ3n) is 2.85. The lowest BCUT2D eigenvalue weighted by molar-refractivity contribution is -0.385. The fraction of sp³-hybridized carbons (Fsp3) is 0.0714. The molecule has 0 saturated carbocycles. The van der Waals surface area contributed by atoms with Gasteiger partial charge < -0.3 is 5.73 Å². The van der Waals surface area contributed by atoms with Gasteiger partial charge in [-0.05, 0) is 24.3 Å². The molecule has 0 aliphatic rings. The average molecular weight is 324 g/mol. The molecule has 2 rings (SSSR count). The van der Waals surface area contributed by atoms with Gasteiger partial charge in [-0.2, -0.15) is 0 Å². The summed E-state index contributed by atoms with van der Waals surface area (Å²) in [7, 11) is 0. The highest BCUT2D eigenvalue weighted by Gasteiger charge is 2.16. The maximum Gasteiger partial charge on any atom is 0.274 e. The van der Waals surface area contributed by atoms with Crippen LogP contribution in [0.2, 0.25) is 0 Å². The van der Waals surface area contributed by atoms with Gasteiger partial charge in [-0.15, -0.1) is 11.8 Å². The molecule has 0 aliphatic heterocycles. The van der Waals surface area contributed by atoms with Gasteiger partial charge in [0.1, 0.15) is 0 Å². The molecular formula is C14H10F2N2O3S. The second-order valence-corrected chi connectivity index (χ2v) is 5.38. The number of thioether (sulfide) groups is 1. The number of rotatable bonds is 5. The Labute approximate surface area is 128 Å². The van der Waals surface area contributed by atoms with Gasteiger partial charge in [-0.25, -0.2) is 8.78 Å². The van der Waals surface area contributed by atoms with E-state index in [1.165, 1.54) is 18.2 Å². The molecule has 22 heavy (non-hydrogen) atoms. The van der Waals surface area contributed by atoms with Crippen molar-refractivity contribution in [2.45, 2.75) is 10.6 Å². The summed E-state index contributed by atoms with van der Waals surface area (Å²) >= 11 is 1.11. The van der Waals surface area contributed by atoms with Crippen LogP contribution in [0.25, 0.3) is 0 Å². The van der Waals surface area contributed by atoms with Crippen LogP contribution in [0.1, 0.15) is 15.9 Å². The number of hydrogen-bond donors (Lipinski definition) is 1. The van der Waals surface area contributed by atoms with Gasteiger partial charge in [0.25, 0.3) is 5.69 Å². The number of primary amides is 1. The van der Waals surface area contributed by atoms with Gasteiger partial charge in [0.2, 0.25) is 5.91 Å². The van der Waals surface area contributed by atoms with Gasteiger partial charge in [0, 0.05) is 27.8 Å². The van der Waals surface area contributed by atoms with E-state index in [0.717, 1.165) is 30.0 Å². The number of nitrogens with two attached hydrogens (primary N) is 1. The Morgan fingerprint density at radius 1 is 1.18 bits per heavy atom. The molecule has 0 spiro atoms. The third kappa shape index (κ3) is 3.59. The molecule has 0 bridgehead atoms. The lowest BCUT2D eigenvalue weighted by Gasteiger charge is -2.05. The predicted octanol–water partition coefficient (Wildman–Crippen LogP) is 3.26. The van der Waals surface area contributed by atoms with Crippen LogP contribution >= 0.6 is 11.8 Å². The number of benzene rings is 2. The molecule has 2 N–H and O–H groups in total. The Morgan fingerprint density at radius 2 is 1.91 bits per heavy atom. The standard InChI is InChI=1S/C14H10F2N2O3S/c15-11-4-3-10(6-12(11)16)22-7-9-2-1-8(14(17)19)5-13(9)18(20)21/h1-6H,7H2,(H2,17,19). The Hall–Kier alpha value is -2.48. The number of halogens is 2. The molecule has 5 nitrogen and oxygen atoms in total. The highest BCUT2D eigenvalue weighted by atomic mass is 32.2. The molecule has 0 heterocycles. The molecule has 0 atom stereocenters. The molecule has 114 valence electrons. The van der Waals surface area contributed by atoms with Crippen molar-refractivity contribution in [1.29, 1.82) is 0 Å². The number of nitro benzene ring substituents is 1. The van der Waals surface area contributed by atoms with E-state index in [1.54, 1.807) is 0 Å². The van der Waals surface area contributed by atoms with E-state index in [2.05, 4.69) is 0 Å². The van der Waals surface area contributed by atoms with E-state index >= 15 is 0 Å². The summed E-state index contributed by atoms with van der Waals surface area (Å²) in [6.45, 7) is 0. The van der Waals surface area contributed by atoms with Crippen molar-refractivity contribution in [2.75, 3.05) is 0 Å². The molecular weight excluding hydrogens is 314 g/mol. The Balaban J connectivity index is 2.23. The lowest BCUT2D eigenvalue weighted by atomic mass is 10.1. The molecule has 0 unspecified atom stereocenters. The summed E-state index contributed by atoms with van der Waals surface area (Å²) in [5, 5.41) is 11.0. The van der Waals surface area contributed by atoms with E-state index in [0.29, 0.717) is 10.5 Å². The number of nitrogens with zero attached hydrogens (tertiary/aromatic N) is 1. The Kier molecular flexibility index (Phi) is 4.71. The first-order chi connectivity index (χ1) is 10.4. The summed E-state index contributed by atoms with van der Waals surface area (Å²) in [6, 6.07) is 7.30. The van der Waals surface area contributed by atoms with Gasteiger partial charge in [0.05, 0.1) is 4.92 Å². The SMILES string of the molecule is NC(=O)c1ccc(CSc2ccc(F)c(F)c2)c([N+](=O)[O-])c1. The topological polar surface area (TPSA) is 86.2 Å². The van der Waals surface area contributed by atoms with Crippen LogP contribution in [0.3, 0.4) is 0 Å². The van der Waals surface area contributed by atoms with E-state index in [4.69, 9.17) is 5.73 Å². The van der Waals surface area contributed by atoms with Crippen molar-refractivity contribution in [2.24, 2.45) is 5.73 Å². The Bertz CT molecular complexity index is 753. The van der Waals surface area contributed by atoms with Gasteiger partial charge in [0.15, 0.2) is 11.6 Å². The monoisotopic (exact) mass is 324 g/mol. The van der Waals surface area contributed by atoms with Crippen molar-refractivity contribution < 1.29 is 18.5 Å². The molecule has 2 aromatic rings. The van der Waals surface area contributed by atoms with Crippen LogP contribution in [-0.4, -0.2) is 10.8 Å². The fourth-order valence-corrected chi connectivity index (χ4v) is 2.65. The molecule has 0 fully saturated rings. The minimum Gasteiger partial charge on any atom is -0.366 e. The van der Waals surface area contributed by atoms with Crippen LogP contribution in [0.4, 0.5) is 14.5 Å². The smallest absolute Gasteiger partial charge is 0.274 e. The number of carbonyl (C=O) groups excluding carboxylic acids is 1. The Morgan fingerprint density at radius 3 is 2.50 bits per heavy atom. The first kappa shape index (κ1) is 15.9. The van der Waals surface area contributed by atoms with Crippen LogP contribution < -0.4 is 5.73 Å². The second kappa shape index (κ2) is 6.52. The van der Waals surface area contributed by atoms with Crippen molar-refractivity contribution in [3.05, 3.63) is 69.3 Å². The summed E-state index contributed by atoms with van der Waals surface area (Å²) in [5.74, 6) is -2.53. The molecule has 0 saturated heterocycles. The molecule has 2 aromatic carbocycles. The highest BCUT2D eigenvalue weighted by Crippen LogP contribution is 2.29. The van der Waals surface area contributed by atoms with Crippen LogP contribution in [0, 0.1) is 21.7 Å². The van der Waals surface area contributed by atoms with Gasteiger partial charge >= 0.3 is 0 Å². The quantitative estimate of drug-likeness (QED) is 0.519. The minimum atomic E-state index is -0.983. The molecule has 0 radical (unpaired) electrons. The lowest BCUT2D eigenvalue weighted by Crippen LogP contribution is -2.11. The van der Waals surface area contributed by atoms with Crippen molar-refractivity contribution in [1.82, 2.24) is 0 Å². The molecule has 0 aromatic heterocycles. The van der Waals surface area contributed by atoms with Crippen LogP contribution in [-0.2, 0) is 5.75 Å². The normalized spacial score (nSPS) is 10.5. The van der Waals surface area contributed by atoms with E-state index in [9.17, 15) is 23.7 Å². The molecule has 8 heteroatoms. The van der Waals surface area contributed by atoms with Gasteiger partial charge in [-0.3, -0.25) is 14.9 Å². The number of carbonyl (C=O) groups is 1. The first-order valence-corrected chi connectivity index (χ1v) is 7.02. The van der Waals surface area contributed by atoms with E-state index in [1.807, 2.05) is 0 Å². The average Bonchev–Trinajstić information content (AvgIpc) is 2.48. The zero-order chi connectivity index (χ0) is 16.3. The maximum atomic E-state index is 13.1. The van der Waals surface area contributed by atoms with E-state index < -0.39 is 22.5 Å². The van der Waals surface area contributed by atoms with Crippen molar-refractivity contribution in [3.63, 3.8) is 0 Å². The summed E-state index contributed by atoms with van der Waals surface area (Å²) < 4.78 is 25.9. The maximum absolute atomic E-state index is 13.1. The third-order valence-corrected chi connectivity index (χ3v) is 3.89. The summed E-state index contributed by atoms with van der Waals surface area (Å²) in [5.41, 5.74) is 5.23. The van der Waals surface area contributed by atoms with Crippen LogP contribution in [0.15, 0.2) is 41.3 Å². The highest BCUT2D eigenvalue weighted by molar-refractivity contribution is 7.98. The minimum absolute atomic E-state index is 0.0354. The first-order valence-electron chi connectivity index (χ1n) is 6.03. The summed E-state index contributed by atoms with van der Waals surface area (Å²) in [4.78, 5) is 21.9. The van der Waals surface area contributed by atoms with Crippen molar-refractivity contribution in [3.8, 4) is 0 Å². The van der Waals surface area contributed by atoms with Crippen LogP contribution in [0.5, 0.6) is 0 Å². The molecule has 1 amide bonds. The van der Waals surface area contributed by atoms with Crippen molar-refractivity contribution >= 4 is 23.4 Å².